The molecular weight excluding hydrogens is 365 g/mol. The minimum absolute atomic E-state index is 0.254. The Morgan fingerprint density at radius 2 is 1.90 bits per heavy atom. The molecule has 0 N–H and O–H groups in total. The summed E-state index contributed by atoms with van der Waals surface area (Å²) < 4.78 is 0.862. The molecule has 1 saturated carbocycles. The molecular formula is C18H27NOSn. The van der Waals surface area contributed by atoms with Crippen molar-refractivity contribution in [3.8, 4) is 0 Å². The van der Waals surface area contributed by atoms with Gasteiger partial charge in [0.2, 0.25) is 0 Å². The molecule has 0 radical (unpaired) electrons. The maximum absolute atomic E-state index is 12.2. The van der Waals surface area contributed by atoms with Crippen molar-refractivity contribution in [2.45, 2.75) is 63.4 Å². The van der Waals surface area contributed by atoms with Gasteiger partial charge in [0, 0.05) is 0 Å². The fraction of sp³-hybridized carbons (Fsp3) is 0.611. The maximum atomic E-state index is 12.2. The van der Waals surface area contributed by atoms with Gasteiger partial charge in [-0.15, -0.1) is 0 Å². The Hall–Kier alpha value is -0.511. The molecule has 3 unspecified atom stereocenters. The van der Waals surface area contributed by atoms with Gasteiger partial charge in [0.1, 0.15) is 0 Å². The molecule has 3 rings (SSSR count). The molecule has 1 aromatic rings. The molecule has 2 nitrogen and oxygen atoms in total. The number of hydrogen-bond acceptors (Lipinski definition) is 1. The number of carbonyl (C=O) groups excluding carboxylic acids is 1. The van der Waals surface area contributed by atoms with Crippen molar-refractivity contribution < 1.29 is 4.79 Å². The first-order valence-corrected chi connectivity index (χ1v) is 18.5. The van der Waals surface area contributed by atoms with Crippen LogP contribution >= 0.6 is 0 Å². The van der Waals surface area contributed by atoms with Crippen LogP contribution in [0, 0.1) is 0 Å². The Bertz CT molecular complexity index is 548. The van der Waals surface area contributed by atoms with E-state index in [1.165, 1.54) is 24.8 Å². The number of nitrogens with zero attached hydrogens (tertiary/aromatic N) is 1. The summed E-state index contributed by atoms with van der Waals surface area (Å²) in [6, 6.07) is 9.32. The second-order valence-electron chi connectivity index (χ2n) is 7.84. The number of amides is 1. The van der Waals surface area contributed by atoms with Gasteiger partial charge in [-0.05, 0) is 0 Å². The molecule has 1 aromatic carbocycles. The summed E-state index contributed by atoms with van der Waals surface area (Å²) >= 11 is -2.02. The Morgan fingerprint density at radius 1 is 1.19 bits per heavy atom. The average molecular weight is 392 g/mol. The third kappa shape index (κ3) is 2.76. The first kappa shape index (κ1) is 15.4. The van der Waals surface area contributed by atoms with Crippen LogP contribution in [0.25, 0.3) is 0 Å². The molecule has 0 spiro atoms. The molecule has 114 valence electrons. The number of rotatable bonds is 1. The summed E-state index contributed by atoms with van der Waals surface area (Å²) in [6.07, 6.45) is 3.86. The Balaban J connectivity index is 2.09. The molecule has 3 atom stereocenters. The van der Waals surface area contributed by atoms with Crippen LogP contribution in [0.1, 0.15) is 43.2 Å². The van der Waals surface area contributed by atoms with Crippen LogP contribution < -0.4 is 0 Å². The molecule has 21 heavy (non-hydrogen) atoms. The van der Waals surface area contributed by atoms with Crippen molar-refractivity contribution in [3.63, 3.8) is 0 Å². The van der Waals surface area contributed by atoms with E-state index in [9.17, 15) is 4.79 Å². The monoisotopic (exact) mass is 393 g/mol. The van der Waals surface area contributed by atoms with E-state index >= 15 is 0 Å². The predicted molar refractivity (Wildman–Crippen MR) is 90.1 cm³/mol. The van der Waals surface area contributed by atoms with Gasteiger partial charge in [-0.2, -0.15) is 0 Å². The predicted octanol–water partition coefficient (Wildman–Crippen LogP) is 4.39. The van der Waals surface area contributed by atoms with Gasteiger partial charge in [0.25, 0.3) is 0 Å². The van der Waals surface area contributed by atoms with Crippen LogP contribution in [-0.4, -0.2) is 35.2 Å². The van der Waals surface area contributed by atoms with Gasteiger partial charge in [-0.3, -0.25) is 0 Å². The Kier molecular flexibility index (Phi) is 4.10. The summed E-state index contributed by atoms with van der Waals surface area (Å²) in [4.78, 5) is 22.0. The first-order chi connectivity index (χ1) is 9.89. The zero-order valence-electron chi connectivity index (χ0n) is 13.7. The van der Waals surface area contributed by atoms with Crippen molar-refractivity contribution in [3.05, 3.63) is 35.4 Å². The molecule has 3 heteroatoms. The van der Waals surface area contributed by atoms with Crippen LogP contribution in [0.2, 0.25) is 18.8 Å². The van der Waals surface area contributed by atoms with Crippen LogP contribution in [-0.2, 0) is 11.3 Å². The minimum atomic E-state index is -2.02. The second-order valence-corrected chi connectivity index (χ2v) is 23.5. The van der Waals surface area contributed by atoms with Gasteiger partial charge in [-0.25, -0.2) is 0 Å². The van der Waals surface area contributed by atoms with E-state index in [-0.39, 0.29) is 5.91 Å². The fourth-order valence-corrected chi connectivity index (χ4v) is 11.8. The fourth-order valence-electron chi connectivity index (χ4n) is 4.57. The van der Waals surface area contributed by atoms with E-state index < -0.39 is 18.4 Å². The third-order valence-electron chi connectivity index (χ3n) is 5.54. The molecule has 2 aliphatic rings. The molecule has 1 amide bonds. The van der Waals surface area contributed by atoms with Crippen LogP contribution in [0.3, 0.4) is 0 Å². The van der Waals surface area contributed by atoms with E-state index in [0.29, 0.717) is 12.0 Å². The second kappa shape index (κ2) is 5.60. The summed E-state index contributed by atoms with van der Waals surface area (Å²) in [5, 5.41) is 0. The molecule has 1 fully saturated rings. The summed E-state index contributed by atoms with van der Waals surface area (Å²) in [7, 11) is 0. The van der Waals surface area contributed by atoms with Crippen LogP contribution in [0.5, 0.6) is 0 Å². The molecule has 0 bridgehead atoms. The van der Waals surface area contributed by atoms with Crippen molar-refractivity contribution in [1.29, 1.82) is 0 Å². The molecule has 1 aliphatic heterocycles. The van der Waals surface area contributed by atoms with Crippen LogP contribution in [0.15, 0.2) is 24.3 Å². The van der Waals surface area contributed by atoms with Gasteiger partial charge in [-0.1, -0.05) is 0 Å². The molecule has 0 saturated heterocycles. The van der Waals surface area contributed by atoms with Gasteiger partial charge < -0.3 is 0 Å². The molecule has 1 heterocycles. The normalized spacial score (nSPS) is 28.8. The van der Waals surface area contributed by atoms with E-state index in [1.807, 2.05) is 0 Å². The summed E-state index contributed by atoms with van der Waals surface area (Å²) in [5.74, 6) is 0.854. The topological polar surface area (TPSA) is 20.3 Å². The molecule has 0 aromatic heterocycles. The van der Waals surface area contributed by atoms with E-state index in [4.69, 9.17) is 0 Å². The number of carbonyl (C=O) groups is 1. The standard InChI is InChI=1S/C15H18NO.3CH3.Sn/c1-11(17)16-10-12-6-2-3-7-13(12)14-8-4-5-9-15(14)16;;;;/h2-3,6-8,14-15H,4-5,9-10H2,1H3;3*1H3;. The van der Waals surface area contributed by atoms with E-state index in [1.54, 1.807) is 12.5 Å². The average Bonchev–Trinajstić information content (AvgIpc) is 2.44. The van der Waals surface area contributed by atoms with Crippen LogP contribution in [0.4, 0.5) is 0 Å². The number of fused-ring (bicyclic) bond motifs is 3. The summed E-state index contributed by atoms with van der Waals surface area (Å²) in [6.45, 7) is 2.56. The third-order valence-corrected chi connectivity index (χ3v) is 13.7. The van der Waals surface area contributed by atoms with Crippen molar-refractivity contribution in [1.82, 2.24) is 4.90 Å². The van der Waals surface area contributed by atoms with Crippen molar-refractivity contribution >= 4 is 24.3 Å². The summed E-state index contributed by atoms with van der Waals surface area (Å²) in [5.41, 5.74) is 2.94. The Morgan fingerprint density at radius 3 is 2.57 bits per heavy atom. The van der Waals surface area contributed by atoms with E-state index in [2.05, 4.69) is 44.0 Å². The van der Waals surface area contributed by atoms with Crippen molar-refractivity contribution in [2.24, 2.45) is 0 Å². The quantitative estimate of drug-likeness (QED) is 0.650. The molecule has 1 aliphatic carbocycles. The zero-order chi connectivity index (χ0) is 15.2. The van der Waals surface area contributed by atoms with Gasteiger partial charge in [0.05, 0.1) is 0 Å². The Labute approximate surface area is 132 Å². The SMILES string of the molecule is CC(=O)N1Cc2ccccc2C2C1CCC[CH]2[Sn]([CH3])([CH3])[CH3]. The first-order valence-electron chi connectivity index (χ1n) is 8.24. The van der Waals surface area contributed by atoms with E-state index in [0.717, 1.165) is 10.5 Å². The van der Waals surface area contributed by atoms with Gasteiger partial charge >= 0.3 is 133 Å². The van der Waals surface area contributed by atoms with Crippen molar-refractivity contribution in [2.75, 3.05) is 0 Å². The number of hydrogen-bond donors (Lipinski definition) is 0. The number of benzene rings is 1. The zero-order valence-corrected chi connectivity index (χ0v) is 16.6. The van der Waals surface area contributed by atoms with Gasteiger partial charge in [0.15, 0.2) is 0 Å².